The smallest absolute Gasteiger partial charge is 0.169 e. The van der Waals surface area contributed by atoms with E-state index in [0.29, 0.717) is 6.54 Å². The van der Waals surface area contributed by atoms with Gasteiger partial charge in [-0.3, -0.25) is 14.7 Å². The highest BCUT2D eigenvalue weighted by Gasteiger charge is 2.29. The fourth-order valence-corrected chi connectivity index (χ4v) is 2.55. The molecule has 3 heteroatoms. The number of nitrogens with zero attached hydrogens (tertiary/aromatic N) is 2. The van der Waals surface area contributed by atoms with Crippen LogP contribution in [0.2, 0.25) is 0 Å². The summed E-state index contributed by atoms with van der Waals surface area (Å²) in [6, 6.07) is 15.4. The van der Waals surface area contributed by atoms with Crippen molar-refractivity contribution in [1.29, 1.82) is 0 Å². The minimum absolute atomic E-state index is 0.177. The highest BCUT2D eigenvalue weighted by atomic mass is 16.1. The molecule has 0 fully saturated rings. The van der Waals surface area contributed by atoms with Gasteiger partial charge in [0.2, 0.25) is 0 Å². The minimum atomic E-state index is -0.426. The third-order valence-corrected chi connectivity index (χ3v) is 3.47. The van der Waals surface area contributed by atoms with Crippen molar-refractivity contribution < 1.29 is 4.79 Å². The van der Waals surface area contributed by atoms with E-state index in [-0.39, 0.29) is 5.78 Å². The van der Waals surface area contributed by atoms with Crippen molar-refractivity contribution >= 4 is 5.78 Å². The summed E-state index contributed by atoms with van der Waals surface area (Å²) < 4.78 is 0. The summed E-state index contributed by atoms with van der Waals surface area (Å²) >= 11 is 0. The number of rotatable bonds is 6. The number of pyridine rings is 1. The summed E-state index contributed by atoms with van der Waals surface area (Å²) in [6.45, 7) is 5.43. The quantitative estimate of drug-likeness (QED) is 0.761. The van der Waals surface area contributed by atoms with Crippen molar-refractivity contribution in [3.8, 4) is 0 Å². The van der Waals surface area contributed by atoms with Gasteiger partial charge in [0, 0.05) is 30.3 Å². The zero-order valence-corrected chi connectivity index (χ0v) is 12.9. The van der Waals surface area contributed by atoms with E-state index in [2.05, 4.69) is 9.88 Å². The molecule has 0 saturated heterocycles. The van der Waals surface area contributed by atoms with Crippen molar-refractivity contribution in [3.63, 3.8) is 0 Å². The zero-order valence-electron chi connectivity index (χ0n) is 12.9. The molecule has 0 unspecified atom stereocenters. The third-order valence-electron chi connectivity index (χ3n) is 3.47. The monoisotopic (exact) mass is 282 g/mol. The molecule has 1 heterocycles. The Morgan fingerprint density at radius 3 is 2.38 bits per heavy atom. The Bertz CT molecular complexity index is 579. The van der Waals surface area contributed by atoms with E-state index in [9.17, 15) is 4.79 Å². The molecule has 2 rings (SSSR count). The van der Waals surface area contributed by atoms with E-state index in [1.165, 1.54) is 0 Å². The number of ketones is 1. The van der Waals surface area contributed by atoms with Crippen LogP contribution in [0.1, 0.15) is 29.9 Å². The van der Waals surface area contributed by atoms with Gasteiger partial charge < -0.3 is 0 Å². The first-order valence-electron chi connectivity index (χ1n) is 7.17. The van der Waals surface area contributed by atoms with Crippen LogP contribution in [-0.2, 0) is 6.54 Å². The van der Waals surface area contributed by atoms with Gasteiger partial charge in [-0.25, -0.2) is 0 Å². The lowest BCUT2D eigenvalue weighted by Crippen LogP contribution is -2.37. The predicted octanol–water partition coefficient (Wildman–Crippen LogP) is 3.42. The Morgan fingerprint density at radius 2 is 1.76 bits per heavy atom. The molecule has 0 amide bonds. The minimum Gasteiger partial charge on any atom is -0.300 e. The number of benzene rings is 1. The summed E-state index contributed by atoms with van der Waals surface area (Å²) in [6.07, 6.45) is 1.80. The van der Waals surface area contributed by atoms with Gasteiger partial charge in [-0.15, -0.1) is 0 Å². The average Bonchev–Trinajstić information content (AvgIpc) is 2.47. The van der Waals surface area contributed by atoms with Crippen molar-refractivity contribution in [2.24, 2.45) is 5.41 Å². The van der Waals surface area contributed by atoms with Crippen LogP contribution in [0.5, 0.6) is 0 Å². The van der Waals surface area contributed by atoms with Gasteiger partial charge in [-0.2, -0.15) is 0 Å². The fourth-order valence-electron chi connectivity index (χ4n) is 2.55. The second-order valence-corrected chi connectivity index (χ2v) is 6.07. The van der Waals surface area contributed by atoms with Crippen LogP contribution in [0.3, 0.4) is 0 Å². The van der Waals surface area contributed by atoms with E-state index in [1.54, 1.807) is 6.20 Å². The summed E-state index contributed by atoms with van der Waals surface area (Å²) in [5.74, 6) is 0.177. The number of aromatic nitrogens is 1. The number of hydrogen-bond donors (Lipinski definition) is 0. The Kier molecular flexibility index (Phi) is 4.86. The molecule has 0 bridgehead atoms. The van der Waals surface area contributed by atoms with Gasteiger partial charge in [0.15, 0.2) is 5.78 Å². The molecule has 21 heavy (non-hydrogen) atoms. The molecule has 3 nitrogen and oxygen atoms in total. The first kappa shape index (κ1) is 15.4. The highest BCUT2D eigenvalue weighted by molar-refractivity contribution is 6.00. The Balaban J connectivity index is 2.01. The second kappa shape index (κ2) is 6.64. The molecule has 0 aliphatic rings. The van der Waals surface area contributed by atoms with Crippen LogP contribution < -0.4 is 0 Å². The van der Waals surface area contributed by atoms with Crippen molar-refractivity contribution in [3.05, 3.63) is 66.0 Å². The maximum absolute atomic E-state index is 12.6. The SMILES string of the molecule is CN(Cc1ccccn1)CC(C)(C)C(=O)c1ccccc1. The molecule has 0 atom stereocenters. The van der Waals surface area contributed by atoms with Gasteiger partial charge in [-0.1, -0.05) is 50.2 Å². The fraction of sp³-hybridized carbons (Fsp3) is 0.333. The van der Waals surface area contributed by atoms with Crippen LogP contribution in [0.25, 0.3) is 0 Å². The van der Waals surface area contributed by atoms with Crippen LogP contribution in [0.4, 0.5) is 0 Å². The molecule has 110 valence electrons. The lowest BCUT2D eigenvalue weighted by molar-refractivity contribution is 0.0778. The molecule has 1 aromatic heterocycles. The van der Waals surface area contributed by atoms with Crippen LogP contribution in [0.15, 0.2) is 54.7 Å². The summed E-state index contributed by atoms with van der Waals surface area (Å²) in [7, 11) is 2.02. The van der Waals surface area contributed by atoms with Crippen molar-refractivity contribution in [2.45, 2.75) is 20.4 Å². The lowest BCUT2D eigenvalue weighted by Gasteiger charge is -2.29. The average molecular weight is 282 g/mol. The van der Waals surface area contributed by atoms with Gasteiger partial charge in [0.25, 0.3) is 0 Å². The van der Waals surface area contributed by atoms with Gasteiger partial charge >= 0.3 is 0 Å². The van der Waals surface area contributed by atoms with Crippen LogP contribution in [-0.4, -0.2) is 29.3 Å². The molecule has 0 aliphatic carbocycles. The van der Waals surface area contributed by atoms with Crippen LogP contribution >= 0.6 is 0 Å². The van der Waals surface area contributed by atoms with Crippen LogP contribution in [0, 0.1) is 5.41 Å². The van der Waals surface area contributed by atoms with Crippen molar-refractivity contribution in [1.82, 2.24) is 9.88 Å². The van der Waals surface area contributed by atoms with E-state index < -0.39 is 5.41 Å². The molecule has 0 saturated carbocycles. The lowest BCUT2D eigenvalue weighted by atomic mass is 9.84. The molecule has 2 aromatic rings. The predicted molar refractivity (Wildman–Crippen MR) is 85.1 cm³/mol. The van der Waals surface area contributed by atoms with E-state index >= 15 is 0 Å². The first-order chi connectivity index (χ1) is 9.99. The molecular weight excluding hydrogens is 260 g/mol. The molecule has 0 spiro atoms. The van der Waals surface area contributed by atoms with E-state index in [4.69, 9.17) is 0 Å². The topological polar surface area (TPSA) is 33.2 Å². The summed E-state index contributed by atoms with van der Waals surface area (Å²) in [5, 5.41) is 0. The maximum atomic E-state index is 12.6. The maximum Gasteiger partial charge on any atom is 0.169 e. The molecule has 0 radical (unpaired) electrons. The van der Waals surface area contributed by atoms with E-state index in [1.807, 2.05) is 69.4 Å². The molecule has 0 N–H and O–H groups in total. The molecule has 0 aliphatic heterocycles. The Hall–Kier alpha value is -2.00. The number of hydrogen-bond acceptors (Lipinski definition) is 3. The largest absolute Gasteiger partial charge is 0.300 e. The molecular formula is C18H22N2O. The van der Waals surface area contributed by atoms with Crippen molar-refractivity contribution in [2.75, 3.05) is 13.6 Å². The first-order valence-corrected chi connectivity index (χ1v) is 7.17. The van der Waals surface area contributed by atoms with E-state index in [0.717, 1.165) is 17.8 Å². The number of carbonyl (C=O) groups is 1. The third kappa shape index (κ3) is 4.23. The standard InChI is InChI=1S/C18H22N2O/c1-18(2,17(21)15-9-5-4-6-10-15)14-20(3)13-16-11-7-8-12-19-16/h4-12H,13-14H2,1-3H3. The Morgan fingerprint density at radius 1 is 1.10 bits per heavy atom. The second-order valence-electron chi connectivity index (χ2n) is 6.07. The molecule has 1 aromatic carbocycles. The summed E-state index contributed by atoms with van der Waals surface area (Å²) in [5.41, 5.74) is 1.36. The highest BCUT2D eigenvalue weighted by Crippen LogP contribution is 2.23. The normalized spacial score (nSPS) is 11.6. The zero-order chi connectivity index (χ0) is 15.3. The number of Topliss-reactive ketones (excluding diaryl/α,β-unsaturated/α-hetero) is 1. The van der Waals surface area contributed by atoms with Gasteiger partial charge in [-0.05, 0) is 19.2 Å². The summed E-state index contributed by atoms with van der Waals surface area (Å²) in [4.78, 5) is 19.1. The Labute approximate surface area is 126 Å². The number of carbonyl (C=O) groups excluding carboxylic acids is 1. The van der Waals surface area contributed by atoms with Gasteiger partial charge in [0.1, 0.15) is 0 Å². The van der Waals surface area contributed by atoms with Gasteiger partial charge in [0.05, 0.1) is 5.69 Å².